The molecule has 1 N–H and O–H groups in total. The summed E-state index contributed by atoms with van der Waals surface area (Å²) in [5.74, 6) is 5.41. The van der Waals surface area contributed by atoms with Crippen LogP contribution in [0.15, 0.2) is 79.0 Å². The summed E-state index contributed by atoms with van der Waals surface area (Å²) in [5.41, 5.74) is 2.85. The number of benzene rings is 2. The van der Waals surface area contributed by atoms with Crippen LogP contribution in [0.3, 0.4) is 0 Å². The first-order valence-corrected chi connectivity index (χ1v) is 7.97. The number of hydrogen-bond donors (Lipinski definition) is 1. The molecule has 26 heavy (non-hydrogen) atoms. The van der Waals surface area contributed by atoms with Crippen molar-refractivity contribution in [2.24, 2.45) is 0 Å². The van der Waals surface area contributed by atoms with Gasteiger partial charge in [-0.1, -0.05) is 30.2 Å². The van der Waals surface area contributed by atoms with Crippen molar-refractivity contribution in [3.8, 4) is 11.8 Å². The number of anilines is 1. The van der Waals surface area contributed by atoms with Gasteiger partial charge in [-0.3, -0.25) is 4.79 Å². The van der Waals surface area contributed by atoms with Gasteiger partial charge < -0.3 is 5.32 Å². The standard InChI is InChI=1S/C22H15FN2O/c23-19-11-7-17(8-12-19)10-14-22(26)25-21-6-3-4-18(16-21)9-13-20-5-1-2-15-24-20/h1-8,10-12,14-16H,(H,25,26)/b14-10+. The third kappa shape index (κ3) is 5.15. The molecule has 0 spiro atoms. The van der Waals surface area contributed by atoms with Gasteiger partial charge in [-0.2, -0.15) is 0 Å². The zero-order chi connectivity index (χ0) is 18.2. The first-order chi connectivity index (χ1) is 12.7. The third-order valence-electron chi connectivity index (χ3n) is 3.43. The highest BCUT2D eigenvalue weighted by Gasteiger charge is 1.99. The first kappa shape index (κ1) is 17.1. The molecule has 3 rings (SSSR count). The molecule has 0 aliphatic heterocycles. The molecule has 3 aromatic rings. The van der Waals surface area contributed by atoms with E-state index in [1.807, 2.05) is 30.3 Å². The van der Waals surface area contributed by atoms with E-state index in [9.17, 15) is 9.18 Å². The molecule has 3 nitrogen and oxygen atoms in total. The quantitative estimate of drug-likeness (QED) is 0.570. The number of aromatic nitrogens is 1. The van der Waals surface area contributed by atoms with Crippen LogP contribution in [0.1, 0.15) is 16.8 Å². The lowest BCUT2D eigenvalue weighted by Crippen LogP contribution is -2.07. The third-order valence-corrected chi connectivity index (χ3v) is 3.43. The summed E-state index contributed by atoms with van der Waals surface area (Å²) in [4.78, 5) is 16.2. The summed E-state index contributed by atoms with van der Waals surface area (Å²) in [6.45, 7) is 0. The maximum atomic E-state index is 12.9. The number of halogens is 1. The van der Waals surface area contributed by atoms with Crippen molar-refractivity contribution in [3.05, 3.63) is 102 Å². The molecule has 0 saturated carbocycles. The molecule has 1 aromatic heterocycles. The van der Waals surface area contributed by atoms with Crippen molar-refractivity contribution >= 4 is 17.7 Å². The molecule has 4 heteroatoms. The lowest BCUT2D eigenvalue weighted by molar-refractivity contribution is -0.111. The van der Waals surface area contributed by atoms with Crippen LogP contribution in [0.2, 0.25) is 0 Å². The maximum Gasteiger partial charge on any atom is 0.248 e. The Hall–Kier alpha value is -3.71. The van der Waals surface area contributed by atoms with Crippen molar-refractivity contribution in [1.82, 2.24) is 4.98 Å². The van der Waals surface area contributed by atoms with Gasteiger partial charge in [-0.15, -0.1) is 0 Å². The number of rotatable bonds is 3. The van der Waals surface area contributed by atoms with E-state index in [2.05, 4.69) is 22.1 Å². The zero-order valence-electron chi connectivity index (χ0n) is 13.8. The van der Waals surface area contributed by atoms with Gasteiger partial charge in [-0.05, 0) is 60.0 Å². The minimum atomic E-state index is -0.310. The van der Waals surface area contributed by atoms with E-state index in [-0.39, 0.29) is 11.7 Å². The van der Waals surface area contributed by atoms with Crippen LogP contribution < -0.4 is 5.32 Å². The van der Waals surface area contributed by atoms with Crippen LogP contribution in [0, 0.1) is 17.7 Å². The van der Waals surface area contributed by atoms with Crippen LogP contribution in [0.25, 0.3) is 6.08 Å². The van der Waals surface area contributed by atoms with Gasteiger partial charge in [0.25, 0.3) is 0 Å². The number of carbonyl (C=O) groups is 1. The van der Waals surface area contributed by atoms with Crippen molar-refractivity contribution in [2.75, 3.05) is 5.32 Å². The molecule has 0 atom stereocenters. The van der Waals surface area contributed by atoms with E-state index in [0.29, 0.717) is 11.4 Å². The van der Waals surface area contributed by atoms with E-state index in [4.69, 9.17) is 0 Å². The largest absolute Gasteiger partial charge is 0.322 e. The highest BCUT2D eigenvalue weighted by Crippen LogP contribution is 2.11. The van der Waals surface area contributed by atoms with Gasteiger partial charge in [-0.25, -0.2) is 9.37 Å². The van der Waals surface area contributed by atoms with Crippen LogP contribution >= 0.6 is 0 Å². The van der Waals surface area contributed by atoms with Gasteiger partial charge in [0.15, 0.2) is 0 Å². The van der Waals surface area contributed by atoms with Crippen molar-refractivity contribution in [2.45, 2.75) is 0 Å². The van der Waals surface area contributed by atoms with Gasteiger partial charge in [0, 0.05) is 23.5 Å². The van der Waals surface area contributed by atoms with Crippen LogP contribution in [-0.4, -0.2) is 10.9 Å². The highest BCUT2D eigenvalue weighted by atomic mass is 19.1. The van der Waals surface area contributed by atoms with Gasteiger partial charge in [0.2, 0.25) is 5.91 Å². The molecular formula is C22H15FN2O. The first-order valence-electron chi connectivity index (χ1n) is 7.97. The van der Waals surface area contributed by atoms with Crippen LogP contribution in [0.4, 0.5) is 10.1 Å². The number of hydrogen-bond acceptors (Lipinski definition) is 2. The van der Waals surface area contributed by atoms with Crippen molar-refractivity contribution in [1.29, 1.82) is 0 Å². The van der Waals surface area contributed by atoms with E-state index in [1.54, 1.807) is 36.5 Å². The van der Waals surface area contributed by atoms with Crippen LogP contribution in [0.5, 0.6) is 0 Å². The van der Waals surface area contributed by atoms with Gasteiger partial charge >= 0.3 is 0 Å². The highest BCUT2D eigenvalue weighted by molar-refractivity contribution is 6.02. The molecule has 0 fully saturated rings. The Morgan fingerprint density at radius 3 is 2.62 bits per heavy atom. The monoisotopic (exact) mass is 342 g/mol. The number of nitrogens with one attached hydrogen (secondary N) is 1. The fourth-order valence-corrected chi connectivity index (χ4v) is 2.18. The summed E-state index contributed by atoms with van der Waals surface area (Å²) in [7, 11) is 0. The molecule has 2 aromatic carbocycles. The topological polar surface area (TPSA) is 42.0 Å². The lowest BCUT2D eigenvalue weighted by Gasteiger charge is -2.02. The number of carbonyl (C=O) groups excluding carboxylic acids is 1. The molecule has 0 aliphatic carbocycles. The fraction of sp³-hybridized carbons (Fsp3) is 0. The smallest absolute Gasteiger partial charge is 0.248 e. The average Bonchev–Trinajstić information content (AvgIpc) is 2.67. The second kappa shape index (κ2) is 8.41. The average molecular weight is 342 g/mol. The lowest BCUT2D eigenvalue weighted by atomic mass is 10.2. The molecular weight excluding hydrogens is 327 g/mol. The summed E-state index contributed by atoms with van der Waals surface area (Å²) >= 11 is 0. The Morgan fingerprint density at radius 2 is 1.85 bits per heavy atom. The zero-order valence-corrected chi connectivity index (χ0v) is 13.8. The SMILES string of the molecule is O=C(/C=C/c1ccc(F)cc1)Nc1cccc(C#Cc2ccccn2)c1. The van der Waals surface area contributed by atoms with Crippen molar-refractivity contribution < 1.29 is 9.18 Å². The van der Waals surface area contributed by atoms with E-state index in [1.165, 1.54) is 18.2 Å². The Morgan fingerprint density at radius 1 is 1.00 bits per heavy atom. The predicted molar refractivity (Wildman–Crippen MR) is 101 cm³/mol. The molecule has 0 unspecified atom stereocenters. The summed E-state index contributed by atoms with van der Waals surface area (Å²) in [6.07, 6.45) is 4.72. The van der Waals surface area contributed by atoms with Crippen molar-refractivity contribution in [3.63, 3.8) is 0 Å². The normalized spacial score (nSPS) is 10.2. The Kier molecular flexibility index (Phi) is 5.54. The number of pyridine rings is 1. The van der Waals surface area contributed by atoms with Crippen LogP contribution in [-0.2, 0) is 4.79 Å². The summed E-state index contributed by atoms with van der Waals surface area (Å²) in [6, 6.07) is 18.7. The minimum Gasteiger partial charge on any atom is -0.322 e. The Bertz CT molecular complexity index is 984. The fourth-order valence-electron chi connectivity index (χ4n) is 2.18. The van der Waals surface area contributed by atoms with Gasteiger partial charge in [0.05, 0.1) is 0 Å². The Balaban J connectivity index is 1.66. The Labute approximate surface area is 151 Å². The predicted octanol–water partition coefficient (Wildman–Crippen LogP) is 4.27. The van der Waals surface area contributed by atoms with E-state index < -0.39 is 0 Å². The molecule has 126 valence electrons. The minimum absolute atomic E-state index is 0.274. The summed E-state index contributed by atoms with van der Waals surface area (Å²) < 4.78 is 12.9. The number of amides is 1. The molecule has 1 heterocycles. The second-order valence-corrected chi connectivity index (χ2v) is 5.42. The maximum absolute atomic E-state index is 12.9. The molecule has 0 saturated heterocycles. The molecule has 0 radical (unpaired) electrons. The van der Waals surface area contributed by atoms with E-state index in [0.717, 1.165) is 11.1 Å². The molecule has 0 bridgehead atoms. The van der Waals surface area contributed by atoms with E-state index >= 15 is 0 Å². The second-order valence-electron chi connectivity index (χ2n) is 5.42. The summed E-state index contributed by atoms with van der Waals surface area (Å²) in [5, 5.41) is 2.78. The van der Waals surface area contributed by atoms with Gasteiger partial charge in [0.1, 0.15) is 11.5 Å². The molecule has 0 aliphatic rings. The number of nitrogens with zero attached hydrogens (tertiary/aromatic N) is 1. The molecule has 1 amide bonds.